The van der Waals surface area contributed by atoms with E-state index in [-0.39, 0.29) is 5.92 Å². The van der Waals surface area contributed by atoms with Crippen LogP contribution >= 0.6 is 23.2 Å². The summed E-state index contributed by atoms with van der Waals surface area (Å²) in [6, 6.07) is 5.26. The summed E-state index contributed by atoms with van der Waals surface area (Å²) in [6.07, 6.45) is -0.879. The van der Waals surface area contributed by atoms with Crippen molar-refractivity contribution in [1.29, 1.82) is 0 Å². The Morgan fingerprint density at radius 2 is 1.94 bits per heavy atom. The molecule has 0 aliphatic rings. The van der Waals surface area contributed by atoms with E-state index in [1.807, 2.05) is 13.0 Å². The van der Waals surface area contributed by atoms with E-state index in [9.17, 15) is 4.39 Å². The molecule has 102 valence electrons. The predicted molar refractivity (Wildman–Crippen MR) is 73.6 cm³/mol. The van der Waals surface area contributed by atoms with Gasteiger partial charge < -0.3 is 10.5 Å². The van der Waals surface area contributed by atoms with E-state index < -0.39 is 12.4 Å². The fourth-order valence-corrected chi connectivity index (χ4v) is 1.78. The Kier molecular flexibility index (Phi) is 6.36. The number of alkyl halides is 1. The third-order valence-corrected chi connectivity index (χ3v) is 3.58. The van der Waals surface area contributed by atoms with E-state index >= 15 is 0 Å². The zero-order valence-electron chi connectivity index (χ0n) is 10.5. The molecule has 0 aliphatic heterocycles. The Bertz CT molecular complexity index is 387. The molecule has 5 heteroatoms. The van der Waals surface area contributed by atoms with Crippen LogP contribution in [0.4, 0.5) is 4.39 Å². The Labute approximate surface area is 117 Å². The highest BCUT2D eigenvalue weighted by atomic mass is 35.5. The number of nitrogens with two attached hydrogens (primary N) is 1. The van der Waals surface area contributed by atoms with Crippen LogP contribution in [0.2, 0.25) is 10.0 Å². The highest BCUT2D eigenvalue weighted by Gasteiger charge is 2.15. The van der Waals surface area contributed by atoms with Crippen LogP contribution in [0.1, 0.15) is 25.8 Å². The molecule has 0 spiro atoms. The molecule has 0 bridgehead atoms. The molecule has 1 rings (SSSR count). The lowest BCUT2D eigenvalue weighted by Crippen LogP contribution is -2.28. The summed E-state index contributed by atoms with van der Waals surface area (Å²) >= 11 is 11.7. The lowest BCUT2D eigenvalue weighted by atomic mass is 10.0. The summed E-state index contributed by atoms with van der Waals surface area (Å²) in [6.45, 7) is 3.68. The summed E-state index contributed by atoms with van der Waals surface area (Å²) in [4.78, 5) is 0. The van der Waals surface area contributed by atoms with Crippen LogP contribution < -0.4 is 5.73 Å². The highest BCUT2D eigenvalue weighted by Crippen LogP contribution is 2.23. The molecule has 0 amide bonds. The second kappa shape index (κ2) is 7.29. The predicted octanol–water partition coefficient (Wildman–Crippen LogP) is 4.18. The van der Waals surface area contributed by atoms with Gasteiger partial charge in [-0.15, -0.1) is 0 Å². The van der Waals surface area contributed by atoms with E-state index in [0.29, 0.717) is 23.1 Å². The van der Waals surface area contributed by atoms with Crippen molar-refractivity contribution in [2.75, 3.05) is 0 Å². The number of hydrogen-bond acceptors (Lipinski definition) is 2. The van der Waals surface area contributed by atoms with E-state index in [1.54, 1.807) is 12.1 Å². The normalized spacial score (nSPS) is 16.3. The minimum atomic E-state index is -0.885. The second-order valence-electron chi connectivity index (χ2n) is 4.49. The first-order valence-corrected chi connectivity index (χ1v) is 6.61. The smallest absolute Gasteiger partial charge is 0.106 e. The molecular weight excluding hydrogens is 276 g/mol. The fourth-order valence-electron chi connectivity index (χ4n) is 1.45. The molecular formula is C13H18Cl2FNO. The molecule has 2 N–H and O–H groups in total. The van der Waals surface area contributed by atoms with E-state index in [4.69, 9.17) is 33.7 Å². The van der Waals surface area contributed by atoms with Crippen molar-refractivity contribution < 1.29 is 9.13 Å². The third-order valence-electron chi connectivity index (χ3n) is 2.84. The molecule has 18 heavy (non-hydrogen) atoms. The van der Waals surface area contributed by atoms with Crippen LogP contribution in [-0.2, 0) is 11.3 Å². The standard InChI is InChI=1S/C13H18Cl2FNO/c1-8(9(2)16)5-13(17)18-7-10-3-4-11(14)12(15)6-10/h3-4,6,8-9,13H,5,7,17H2,1-2H3. The first kappa shape index (κ1) is 15.7. The van der Waals surface area contributed by atoms with Gasteiger partial charge in [-0.3, -0.25) is 0 Å². The monoisotopic (exact) mass is 293 g/mol. The molecule has 0 aliphatic carbocycles. The van der Waals surface area contributed by atoms with Crippen molar-refractivity contribution in [2.24, 2.45) is 11.7 Å². The van der Waals surface area contributed by atoms with Gasteiger partial charge in [0.25, 0.3) is 0 Å². The van der Waals surface area contributed by atoms with Gasteiger partial charge in [0.15, 0.2) is 0 Å². The quantitative estimate of drug-likeness (QED) is 0.799. The number of rotatable bonds is 6. The second-order valence-corrected chi connectivity index (χ2v) is 5.30. The lowest BCUT2D eigenvalue weighted by molar-refractivity contribution is 0.0222. The Hall–Kier alpha value is -0.350. The first-order chi connectivity index (χ1) is 8.40. The summed E-state index contributed by atoms with van der Waals surface area (Å²) in [5.41, 5.74) is 6.67. The van der Waals surface area contributed by atoms with Gasteiger partial charge in [-0.05, 0) is 37.0 Å². The minimum Gasteiger partial charge on any atom is -0.359 e. The van der Waals surface area contributed by atoms with Gasteiger partial charge in [0.05, 0.1) is 22.8 Å². The van der Waals surface area contributed by atoms with Gasteiger partial charge in [0, 0.05) is 0 Å². The maximum Gasteiger partial charge on any atom is 0.106 e. The van der Waals surface area contributed by atoms with Gasteiger partial charge in [-0.1, -0.05) is 36.2 Å². The summed E-state index contributed by atoms with van der Waals surface area (Å²) < 4.78 is 18.4. The van der Waals surface area contributed by atoms with Crippen molar-refractivity contribution in [3.63, 3.8) is 0 Å². The molecule has 3 unspecified atom stereocenters. The highest BCUT2D eigenvalue weighted by molar-refractivity contribution is 6.41. The van der Waals surface area contributed by atoms with Gasteiger partial charge in [-0.2, -0.15) is 0 Å². The van der Waals surface area contributed by atoms with Crippen molar-refractivity contribution in [2.45, 2.75) is 39.3 Å². The molecule has 2 nitrogen and oxygen atoms in total. The van der Waals surface area contributed by atoms with Gasteiger partial charge in [0.2, 0.25) is 0 Å². The first-order valence-electron chi connectivity index (χ1n) is 5.85. The van der Waals surface area contributed by atoms with Gasteiger partial charge in [0.1, 0.15) is 6.23 Å². The van der Waals surface area contributed by atoms with Gasteiger partial charge >= 0.3 is 0 Å². The third kappa shape index (κ3) is 5.11. The van der Waals surface area contributed by atoms with Crippen LogP contribution in [0.5, 0.6) is 0 Å². The van der Waals surface area contributed by atoms with Crippen LogP contribution in [0.25, 0.3) is 0 Å². The van der Waals surface area contributed by atoms with Crippen molar-refractivity contribution in [1.82, 2.24) is 0 Å². The maximum atomic E-state index is 13.0. The van der Waals surface area contributed by atoms with Gasteiger partial charge in [-0.25, -0.2) is 4.39 Å². The molecule has 0 saturated heterocycles. The summed E-state index contributed by atoms with van der Waals surface area (Å²) in [5.74, 6) is -0.117. The number of halogens is 3. The van der Waals surface area contributed by atoms with E-state index in [2.05, 4.69) is 0 Å². The summed E-state index contributed by atoms with van der Waals surface area (Å²) in [7, 11) is 0. The average molecular weight is 294 g/mol. The molecule has 3 atom stereocenters. The molecule has 0 saturated carbocycles. The molecule has 0 radical (unpaired) electrons. The number of ether oxygens (including phenoxy) is 1. The fraction of sp³-hybridized carbons (Fsp3) is 0.538. The maximum absolute atomic E-state index is 13.0. The van der Waals surface area contributed by atoms with Crippen molar-refractivity contribution in [3.8, 4) is 0 Å². The van der Waals surface area contributed by atoms with E-state index in [0.717, 1.165) is 5.56 Å². The van der Waals surface area contributed by atoms with Crippen molar-refractivity contribution >= 4 is 23.2 Å². The van der Waals surface area contributed by atoms with Crippen LogP contribution in [-0.4, -0.2) is 12.4 Å². The van der Waals surface area contributed by atoms with E-state index in [1.165, 1.54) is 6.92 Å². The minimum absolute atomic E-state index is 0.117. The SMILES string of the molecule is CC(F)C(C)CC(N)OCc1ccc(Cl)c(Cl)c1. The Morgan fingerprint density at radius 1 is 1.28 bits per heavy atom. The Morgan fingerprint density at radius 3 is 2.50 bits per heavy atom. The largest absolute Gasteiger partial charge is 0.359 e. The lowest BCUT2D eigenvalue weighted by Gasteiger charge is -2.18. The van der Waals surface area contributed by atoms with Crippen LogP contribution in [0.3, 0.4) is 0 Å². The molecule has 0 aromatic heterocycles. The topological polar surface area (TPSA) is 35.2 Å². The summed E-state index contributed by atoms with van der Waals surface area (Å²) in [5, 5.41) is 0.988. The molecule has 0 heterocycles. The van der Waals surface area contributed by atoms with Crippen LogP contribution in [0.15, 0.2) is 18.2 Å². The molecule has 1 aromatic rings. The molecule has 1 aromatic carbocycles. The number of benzene rings is 1. The Balaban J connectivity index is 2.42. The molecule has 0 fully saturated rings. The zero-order valence-corrected chi connectivity index (χ0v) is 12.0. The zero-order chi connectivity index (χ0) is 13.7. The average Bonchev–Trinajstić information content (AvgIpc) is 2.30. The number of hydrogen-bond donors (Lipinski definition) is 1. The van der Waals surface area contributed by atoms with Crippen molar-refractivity contribution in [3.05, 3.63) is 33.8 Å². The van der Waals surface area contributed by atoms with Crippen LogP contribution in [0, 0.1) is 5.92 Å².